The fourth-order valence-electron chi connectivity index (χ4n) is 5.52. The lowest BCUT2D eigenvalue weighted by Gasteiger charge is -2.34. The van der Waals surface area contributed by atoms with Gasteiger partial charge in [0.15, 0.2) is 6.10 Å². The van der Waals surface area contributed by atoms with Crippen molar-refractivity contribution in [2.45, 2.75) is 142 Å². The number of quaternary nitrogens is 1. The van der Waals surface area contributed by atoms with Crippen molar-refractivity contribution in [1.29, 1.82) is 0 Å². The molecule has 0 saturated heterocycles. The Balaban J connectivity index is 4.49. The van der Waals surface area contributed by atoms with Gasteiger partial charge in [-0.25, -0.2) is 0 Å². The third-order valence-electron chi connectivity index (χ3n) is 8.85. The maximum atomic E-state index is 12.7. The van der Waals surface area contributed by atoms with Gasteiger partial charge < -0.3 is 28.6 Å². The zero-order valence-electron chi connectivity index (χ0n) is 36.2. The first kappa shape index (κ1) is 53.0. The van der Waals surface area contributed by atoms with Gasteiger partial charge in [0, 0.05) is 19.3 Å². The molecule has 0 aliphatic carbocycles. The lowest BCUT2D eigenvalue weighted by atomic mass is 10.1. The van der Waals surface area contributed by atoms with E-state index in [0.717, 1.165) is 89.9 Å². The highest BCUT2D eigenvalue weighted by Gasteiger charge is 2.25. The molecule has 0 aromatic heterocycles. The van der Waals surface area contributed by atoms with Crippen molar-refractivity contribution in [3.8, 4) is 0 Å². The van der Waals surface area contributed by atoms with Crippen LogP contribution in [0, 0.1) is 0 Å². The van der Waals surface area contributed by atoms with E-state index in [9.17, 15) is 19.5 Å². The van der Waals surface area contributed by atoms with Crippen molar-refractivity contribution in [3.63, 3.8) is 0 Å². The van der Waals surface area contributed by atoms with Gasteiger partial charge in [-0.3, -0.25) is 9.59 Å². The Bertz CT molecular complexity index is 1290. The number of aliphatic carboxylic acids is 1. The quantitative estimate of drug-likeness (QED) is 0.0269. The Morgan fingerprint density at radius 2 is 0.982 bits per heavy atom. The number of esters is 2. The van der Waals surface area contributed by atoms with E-state index in [4.69, 9.17) is 14.2 Å². The van der Waals surface area contributed by atoms with E-state index in [-0.39, 0.29) is 49.1 Å². The van der Waals surface area contributed by atoms with Gasteiger partial charge in [0.05, 0.1) is 40.3 Å². The molecule has 0 rings (SSSR count). The molecule has 0 aliphatic rings. The third kappa shape index (κ3) is 37.3. The summed E-state index contributed by atoms with van der Waals surface area (Å²) in [6.07, 6.45) is 52.4. The first-order valence-electron chi connectivity index (χ1n) is 21.5. The summed E-state index contributed by atoms with van der Waals surface area (Å²) >= 11 is 0. The molecule has 2 atom stereocenters. The number of unbranched alkanes of at least 4 members (excludes halogenated alkanes) is 11. The zero-order chi connectivity index (χ0) is 42.1. The molecular formula is C49H77NO7. The molecular weight excluding hydrogens is 715 g/mol. The van der Waals surface area contributed by atoms with Gasteiger partial charge in [-0.2, -0.15) is 0 Å². The smallest absolute Gasteiger partial charge is 0.306 e. The van der Waals surface area contributed by atoms with E-state index in [1.165, 1.54) is 6.42 Å². The highest BCUT2D eigenvalue weighted by atomic mass is 16.6. The zero-order valence-corrected chi connectivity index (χ0v) is 36.2. The number of hydrogen-bond acceptors (Lipinski definition) is 7. The van der Waals surface area contributed by atoms with Crippen LogP contribution < -0.4 is 5.11 Å². The fraction of sp³-hybridized carbons (Fsp3) is 0.571. The second kappa shape index (κ2) is 38.8. The molecule has 0 bridgehead atoms. The monoisotopic (exact) mass is 792 g/mol. The number of carbonyl (C=O) groups excluding carboxylic acids is 3. The third-order valence-corrected chi connectivity index (χ3v) is 8.85. The van der Waals surface area contributed by atoms with E-state index in [1.54, 1.807) is 21.1 Å². The number of carboxylic acids is 1. The summed E-state index contributed by atoms with van der Waals surface area (Å²) in [5, 5.41) is 11.6. The standard InChI is InChI=1S/C49H77NO7/c1-6-8-10-12-14-16-18-20-22-23-24-26-28-30-32-34-36-38-40-48(52)57-45(43-55-42-41-46(49(53)54)50(3,4)5)44-56-47(51)39-37-35-33-31-29-27-25-21-19-17-15-13-11-9-7-2/h9-26,45-46H,6-8,27-44H2,1-5H3/b11-9+,12-10+,15-13+,16-14+,19-17+,20-18+,23-22+,25-21+,26-24+. The predicted molar refractivity (Wildman–Crippen MR) is 235 cm³/mol. The summed E-state index contributed by atoms with van der Waals surface area (Å²) in [4.78, 5) is 36.8. The summed E-state index contributed by atoms with van der Waals surface area (Å²) in [6.45, 7) is 4.35. The van der Waals surface area contributed by atoms with Gasteiger partial charge in [0.1, 0.15) is 12.6 Å². The van der Waals surface area contributed by atoms with Crippen LogP contribution in [0.4, 0.5) is 0 Å². The fourth-order valence-corrected chi connectivity index (χ4v) is 5.52. The maximum absolute atomic E-state index is 12.7. The van der Waals surface area contributed by atoms with Crippen molar-refractivity contribution in [2.24, 2.45) is 0 Å². The van der Waals surface area contributed by atoms with Crippen LogP contribution in [-0.4, -0.2) is 75.5 Å². The number of carboxylic acid groups (broad SMARTS) is 1. The molecule has 0 saturated carbocycles. The molecule has 0 fully saturated rings. The van der Waals surface area contributed by atoms with E-state index >= 15 is 0 Å². The number of hydrogen-bond donors (Lipinski definition) is 0. The molecule has 0 spiro atoms. The maximum Gasteiger partial charge on any atom is 0.306 e. The Labute approximate surface area is 347 Å². The number of nitrogens with zero attached hydrogens (tertiary/aromatic N) is 1. The van der Waals surface area contributed by atoms with Crippen molar-refractivity contribution in [3.05, 3.63) is 109 Å². The molecule has 320 valence electrons. The van der Waals surface area contributed by atoms with Crippen molar-refractivity contribution in [1.82, 2.24) is 0 Å². The van der Waals surface area contributed by atoms with Gasteiger partial charge in [-0.05, 0) is 51.4 Å². The Hall–Kier alpha value is -4.01. The minimum atomic E-state index is -1.14. The number of likely N-dealkylation sites (N-methyl/N-ethyl adjacent to an activating group) is 1. The summed E-state index contributed by atoms with van der Waals surface area (Å²) in [6, 6.07) is -0.742. The van der Waals surface area contributed by atoms with Crippen LogP contribution in [0.5, 0.6) is 0 Å². The van der Waals surface area contributed by atoms with Crippen LogP contribution in [-0.2, 0) is 28.6 Å². The molecule has 2 unspecified atom stereocenters. The molecule has 57 heavy (non-hydrogen) atoms. The van der Waals surface area contributed by atoms with Gasteiger partial charge in [0.25, 0.3) is 0 Å². The number of rotatable bonds is 36. The highest BCUT2D eigenvalue weighted by molar-refractivity contribution is 5.70. The van der Waals surface area contributed by atoms with Crippen LogP contribution in [0.15, 0.2) is 109 Å². The molecule has 8 heteroatoms. The summed E-state index contributed by atoms with van der Waals surface area (Å²) < 4.78 is 17.1. The first-order chi connectivity index (χ1) is 27.6. The van der Waals surface area contributed by atoms with E-state index < -0.39 is 18.1 Å². The van der Waals surface area contributed by atoms with Crippen molar-refractivity contribution in [2.75, 3.05) is 41.0 Å². The van der Waals surface area contributed by atoms with Crippen molar-refractivity contribution < 1.29 is 38.2 Å². The second-order valence-electron chi connectivity index (χ2n) is 15.1. The lowest BCUT2D eigenvalue weighted by Crippen LogP contribution is -2.55. The minimum Gasteiger partial charge on any atom is -0.544 e. The molecule has 0 heterocycles. The van der Waals surface area contributed by atoms with E-state index in [1.807, 2.05) is 66.8 Å². The molecule has 0 aliphatic heterocycles. The van der Waals surface area contributed by atoms with Crippen LogP contribution >= 0.6 is 0 Å². The second-order valence-corrected chi connectivity index (χ2v) is 15.1. The average molecular weight is 792 g/mol. The molecule has 0 aromatic rings. The highest BCUT2D eigenvalue weighted by Crippen LogP contribution is 2.12. The van der Waals surface area contributed by atoms with Crippen molar-refractivity contribution >= 4 is 17.9 Å². The predicted octanol–water partition coefficient (Wildman–Crippen LogP) is 10.4. The van der Waals surface area contributed by atoms with Gasteiger partial charge >= 0.3 is 11.9 Å². The van der Waals surface area contributed by atoms with E-state index in [2.05, 4.69) is 56.4 Å². The van der Waals surface area contributed by atoms with E-state index in [0.29, 0.717) is 6.42 Å². The lowest BCUT2D eigenvalue weighted by molar-refractivity contribution is -0.889. The number of carbonyl (C=O) groups is 3. The van der Waals surface area contributed by atoms with Gasteiger partial charge in [-0.15, -0.1) is 0 Å². The first-order valence-corrected chi connectivity index (χ1v) is 21.5. The summed E-state index contributed by atoms with van der Waals surface area (Å²) in [5.74, 6) is -1.82. The van der Waals surface area contributed by atoms with Crippen LogP contribution in [0.25, 0.3) is 0 Å². The molecule has 0 amide bonds. The summed E-state index contributed by atoms with van der Waals surface area (Å²) in [7, 11) is 5.37. The Morgan fingerprint density at radius 1 is 0.544 bits per heavy atom. The Morgan fingerprint density at radius 3 is 1.46 bits per heavy atom. The normalized spacial score (nSPS) is 14.1. The summed E-state index contributed by atoms with van der Waals surface area (Å²) in [5.41, 5.74) is 0. The van der Waals surface area contributed by atoms with Gasteiger partial charge in [0.2, 0.25) is 0 Å². The number of allylic oxidation sites excluding steroid dienone is 18. The molecule has 0 radical (unpaired) electrons. The molecule has 0 N–H and O–H groups in total. The van der Waals surface area contributed by atoms with Crippen LogP contribution in [0.2, 0.25) is 0 Å². The average Bonchev–Trinajstić information content (AvgIpc) is 3.17. The number of ether oxygens (including phenoxy) is 3. The minimum absolute atomic E-state index is 0.0138. The SMILES string of the molecule is CC/C=C/C=C/C=C/C=C/CCCCCCCC(=O)OCC(COCCC(C(=O)[O-])[N+](C)(C)C)OC(=O)CCCCCCC/C=C/C=C/C=C/C=C/C=C/CCC. The molecule has 8 nitrogen and oxygen atoms in total. The largest absolute Gasteiger partial charge is 0.544 e. The Kier molecular flexibility index (Phi) is 36.1. The molecule has 0 aromatic carbocycles. The topological polar surface area (TPSA) is 102 Å². The van der Waals surface area contributed by atoms with Crippen LogP contribution in [0.1, 0.15) is 129 Å². The van der Waals surface area contributed by atoms with Gasteiger partial charge in [-0.1, -0.05) is 168 Å². The van der Waals surface area contributed by atoms with Crippen LogP contribution in [0.3, 0.4) is 0 Å².